The number of aromatic nitrogens is 3. The Hall–Kier alpha value is -3.82. The molecule has 10 heteroatoms. The number of hydrogen-bond donors (Lipinski definition) is 2. The minimum absolute atomic E-state index is 0.177. The maximum Gasteiger partial charge on any atom is 0.322 e. The third kappa shape index (κ3) is 4.59. The number of benzene rings is 1. The summed E-state index contributed by atoms with van der Waals surface area (Å²) in [5.74, 6) is 0.709. The summed E-state index contributed by atoms with van der Waals surface area (Å²) in [6.45, 7) is 1.91. The number of carbonyl (C=O) groups is 1. The molecule has 3 aromatic rings. The van der Waals surface area contributed by atoms with E-state index >= 15 is 0 Å². The zero-order valence-electron chi connectivity index (χ0n) is 15.9. The SMILES string of the molecule is O=C(Nc1cc(F)ccc1F)N1CCN(c2cc(Nc3ccccn3)ncn2)CC1. The number of piperazine rings is 1. The highest BCUT2D eigenvalue weighted by molar-refractivity contribution is 5.89. The highest BCUT2D eigenvalue weighted by Crippen LogP contribution is 2.20. The van der Waals surface area contributed by atoms with Gasteiger partial charge < -0.3 is 20.4 Å². The molecule has 1 saturated heterocycles. The number of nitrogens with zero attached hydrogens (tertiary/aromatic N) is 5. The van der Waals surface area contributed by atoms with E-state index in [-0.39, 0.29) is 5.69 Å². The molecular formula is C20H19F2N7O. The van der Waals surface area contributed by atoms with Gasteiger partial charge in [-0.15, -0.1) is 0 Å². The molecule has 2 amide bonds. The van der Waals surface area contributed by atoms with Crippen molar-refractivity contribution in [3.8, 4) is 0 Å². The van der Waals surface area contributed by atoms with E-state index in [2.05, 4.69) is 25.6 Å². The van der Waals surface area contributed by atoms with Crippen LogP contribution in [0.2, 0.25) is 0 Å². The number of pyridine rings is 1. The predicted molar refractivity (Wildman–Crippen MR) is 109 cm³/mol. The number of urea groups is 1. The van der Waals surface area contributed by atoms with E-state index in [0.29, 0.717) is 37.8 Å². The third-order valence-electron chi connectivity index (χ3n) is 4.63. The van der Waals surface area contributed by atoms with E-state index in [4.69, 9.17) is 0 Å². The number of carbonyl (C=O) groups excluding carboxylic acids is 1. The van der Waals surface area contributed by atoms with Gasteiger partial charge in [-0.2, -0.15) is 0 Å². The summed E-state index contributed by atoms with van der Waals surface area (Å²) in [6, 6.07) is 9.82. The van der Waals surface area contributed by atoms with Crippen LogP contribution in [0, 0.1) is 11.6 Å². The zero-order valence-corrected chi connectivity index (χ0v) is 15.9. The smallest absolute Gasteiger partial charge is 0.322 e. The molecule has 1 aliphatic rings. The maximum absolute atomic E-state index is 13.7. The van der Waals surface area contributed by atoms with Crippen molar-refractivity contribution >= 4 is 29.2 Å². The van der Waals surface area contributed by atoms with Crippen LogP contribution >= 0.6 is 0 Å². The summed E-state index contributed by atoms with van der Waals surface area (Å²) in [5, 5.41) is 5.54. The van der Waals surface area contributed by atoms with Crippen LogP contribution in [-0.2, 0) is 0 Å². The standard InChI is InChI=1S/C20H19F2N7O/c21-14-4-5-15(22)16(11-14)26-20(30)29-9-7-28(8-10-29)19-12-18(24-13-25-19)27-17-3-1-2-6-23-17/h1-6,11-13H,7-10H2,(H,26,30)(H,23,24,25,27). The Bertz CT molecular complexity index is 1030. The van der Waals surface area contributed by atoms with Gasteiger partial charge in [0.25, 0.3) is 0 Å². The molecule has 0 bridgehead atoms. The molecule has 1 aromatic carbocycles. The summed E-state index contributed by atoms with van der Waals surface area (Å²) in [5.41, 5.74) is -0.177. The van der Waals surface area contributed by atoms with Crippen LogP contribution in [0.15, 0.2) is 55.0 Å². The molecule has 0 aliphatic carbocycles. The topological polar surface area (TPSA) is 86.3 Å². The average molecular weight is 411 g/mol. The molecule has 2 N–H and O–H groups in total. The largest absolute Gasteiger partial charge is 0.353 e. The molecule has 0 saturated carbocycles. The molecule has 4 rings (SSSR count). The molecule has 1 aliphatic heterocycles. The van der Waals surface area contributed by atoms with E-state index in [0.717, 1.165) is 24.0 Å². The lowest BCUT2D eigenvalue weighted by molar-refractivity contribution is 0.208. The first kappa shape index (κ1) is 19.5. The number of amides is 2. The van der Waals surface area contributed by atoms with Gasteiger partial charge in [0, 0.05) is 44.5 Å². The lowest BCUT2D eigenvalue weighted by Crippen LogP contribution is -2.50. The van der Waals surface area contributed by atoms with Gasteiger partial charge in [-0.05, 0) is 24.3 Å². The first-order valence-electron chi connectivity index (χ1n) is 9.34. The van der Waals surface area contributed by atoms with Crippen LogP contribution in [0.5, 0.6) is 0 Å². The van der Waals surface area contributed by atoms with Crippen LogP contribution in [-0.4, -0.2) is 52.1 Å². The van der Waals surface area contributed by atoms with Gasteiger partial charge in [-0.3, -0.25) is 0 Å². The quantitative estimate of drug-likeness (QED) is 0.686. The van der Waals surface area contributed by atoms with Crippen molar-refractivity contribution in [2.45, 2.75) is 0 Å². The van der Waals surface area contributed by atoms with Gasteiger partial charge in [-0.1, -0.05) is 6.07 Å². The monoisotopic (exact) mass is 411 g/mol. The highest BCUT2D eigenvalue weighted by atomic mass is 19.1. The second-order valence-electron chi connectivity index (χ2n) is 6.63. The Labute approximate surface area is 171 Å². The normalized spacial score (nSPS) is 13.8. The number of halogens is 2. The van der Waals surface area contributed by atoms with E-state index in [1.165, 1.54) is 6.33 Å². The minimum atomic E-state index is -0.683. The van der Waals surface area contributed by atoms with Crippen molar-refractivity contribution in [2.24, 2.45) is 0 Å². The van der Waals surface area contributed by atoms with Gasteiger partial charge >= 0.3 is 6.03 Å². The first-order valence-corrected chi connectivity index (χ1v) is 9.34. The van der Waals surface area contributed by atoms with Crippen molar-refractivity contribution in [1.82, 2.24) is 19.9 Å². The third-order valence-corrected chi connectivity index (χ3v) is 4.63. The summed E-state index contributed by atoms with van der Waals surface area (Å²) in [6.07, 6.45) is 3.15. The van der Waals surface area contributed by atoms with E-state index in [9.17, 15) is 13.6 Å². The summed E-state index contributed by atoms with van der Waals surface area (Å²) < 4.78 is 27.0. The fourth-order valence-electron chi connectivity index (χ4n) is 3.08. The molecule has 1 fully saturated rings. The van der Waals surface area contributed by atoms with E-state index in [1.807, 2.05) is 29.2 Å². The van der Waals surface area contributed by atoms with Crippen LogP contribution in [0.3, 0.4) is 0 Å². The van der Waals surface area contributed by atoms with Crippen LogP contribution in [0.1, 0.15) is 0 Å². The van der Waals surface area contributed by atoms with E-state index in [1.54, 1.807) is 11.1 Å². The van der Waals surface area contributed by atoms with Crippen LogP contribution < -0.4 is 15.5 Å². The van der Waals surface area contributed by atoms with Gasteiger partial charge in [0.15, 0.2) is 0 Å². The van der Waals surface area contributed by atoms with Crippen molar-refractivity contribution in [3.63, 3.8) is 0 Å². The molecular weight excluding hydrogens is 392 g/mol. The Kier molecular flexibility index (Phi) is 5.64. The second kappa shape index (κ2) is 8.68. The summed E-state index contributed by atoms with van der Waals surface area (Å²) in [4.78, 5) is 28.7. The fourth-order valence-corrected chi connectivity index (χ4v) is 3.08. The minimum Gasteiger partial charge on any atom is -0.353 e. The van der Waals surface area contributed by atoms with Crippen molar-refractivity contribution < 1.29 is 13.6 Å². The Morgan fingerprint density at radius 1 is 0.933 bits per heavy atom. The Morgan fingerprint density at radius 2 is 1.77 bits per heavy atom. The van der Waals surface area contributed by atoms with Crippen molar-refractivity contribution in [3.05, 3.63) is 66.6 Å². The molecule has 0 radical (unpaired) electrons. The lowest BCUT2D eigenvalue weighted by atomic mass is 10.3. The molecule has 0 unspecified atom stereocenters. The van der Waals surface area contributed by atoms with Crippen LogP contribution in [0.4, 0.5) is 36.7 Å². The van der Waals surface area contributed by atoms with Gasteiger partial charge in [0.2, 0.25) is 0 Å². The zero-order chi connectivity index (χ0) is 20.9. The number of anilines is 4. The predicted octanol–water partition coefficient (Wildman–Crippen LogP) is 3.25. The second-order valence-corrected chi connectivity index (χ2v) is 6.63. The Morgan fingerprint density at radius 3 is 2.53 bits per heavy atom. The van der Waals surface area contributed by atoms with Gasteiger partial charge in [-0.25, -0.2) is 28.5 Å². The number of nitrogens with one attached hydrogen (secondary N) is 2. The van der Waals surface area contributed by atoms with Crippen molar-refractivity contribution in [1.29, 1.82) is 0 Å². The van der Waals surface area contributed by atoms with E-state index < -0.39 is 17.7 Å². The fraction of sp³-hybridized carbons (Fsp3) is 0.200. The number of rotatable bonds is 4. The van der Waals surface area contributed by atoms with Gasteiger partial charge in [0.05, 0.1) is 5.69 Å². The summed E-state index contributed by atoms with van der Waals surface area (Å²) >= 11 is 0. The maximum atomic E-state index is 13.7. The summed E-state index contributed by atoms with van der Waals surface area (Å²) in [7, 11) is 0. The van der Waals surface area contributed by atoms with Gasteiger partial charge in [0.1, 0.15) is 35.4 Å². The highest BCUT2D eigenvalue weighted by Gasteiger charge is 2.23. The number of hydrogen-bond acceptors (Lipinski definition) is 6. The molecule has 30 heavy (non-hydrogen) atoms. The van der Waals surface area contributed by atoms with Crippen LogP contribution in [0.25, 0.3) is 0 Å². The average Bonchev–Trinajstić information content (AvgIpc) is 2.77. The molecule has 0 spiro atoms. The van der Waals surface area contributed by atoms with Crippen molar-refractivity contribution in [2.75, 3.05) is 41.7 Å². The molecule has 3 heterocycles. The Balaban J connectivity index is 1.36. The molecule has 154 valence electrons. The molecule has 2 aromatic heterocycles. The lowest BCUT2D eigenvalue weighted by Gasteiger charge is -2.35. The molecule has 8 nitrogen and oxygen atoms in total. The first-order chi connectivity index (χ1) is 14.6. The molecule has 0 atom stereocenters.